The van der Waals surface area contributed by atoms with Crippen molar-refractivity contribution >= 4 is 17.7 Å². The van der Waals surface area contributed by atoms with Gasteiger partial charge in [0.25, 0.3) is 5.91 Å². The van der Waals surface area contributed by atoms with Gasteiger partial charge in [-0.05, 0) is 49.3 Å². The van der Waals surface area contributed by atoms with Crippen molar-refractivity contribution in [1.82, 2.24) is 10.2 Å². The quantitative estimate of drug-likeness (QED) is 0.932. The van der Waals surface area contributed by atoms with Gasteiger partial charge >= 0.3 is 0 Å². The molecule has 3 nitrogen and oxygen atoms in total. The average Bonchev–Trinajstić information content (AvgIpc) is 2.56. The van der Waals surface area contributed by atoms with Crippen molar-refractivity contribution < 1.29 is 4.79 Å². The van der Waals surface area contributed by atoms with Crippen LogP contribution in [0.25, 0.3) is 0 Å². The molecule has 0 spiro atoms. The van der Waals surface area contributed by atoms with Crippen molar-refractivity contribution in [3.63, 3.8) is 0 Å². The molecule has 3 rings (SSSR count). The zero-order chi connectivity index (χ0) is 14.5. The van der Waals surface area contributed by atoms with Gasteiger partial charge in [0.15, 0.2) is 0 Å². The highest BCUT2D eigenvalue weighted by Crippen LogP contribution is 2.20. The van der Waals surface area contributed by atoms with E-state index in [9.17, 15) is 4.79 Å². The van der Waals surface area contributed by atoms with Gasteiger partial charge in [-0.1, -0.05) is 18.2 Å². The van der Waals surface area contributed by atoms with Crippen LogP contribution in [0.15, 0.2) is 30.3 Å². The highest BCUT2D eigenvalue weighted by atomic mass is 32.2. The van der Waals surface area contributed by atoms with Crippen LogP contribution < -0.4 is 5.32 Å². The fourth-order valence-corrected chi connectivity index (χ4v) is 4.37. The van der Waals surface area contributed by atoms with Crippen molar-refractivity contribution in [1.29, 1.82) is 0 Å². The minimum absolute atomic E-state index is 0.182. The van der Waals surface area contributed by atoms with Crippen molar-refractivity contribution in [2.45, 2.75) is 37.8 Å². The topological polar surface area (TPSA) is 32.3 Å². The number of hydrogen-bond acceptors (Lipinski definition) is 3. The molecule has 0 bridgehead atoms. The molecule has 1 atom stereocenters. The first kappa shape index (κ1) is 14.9. The summed E-state index contributed by atoms with van der Waals surface area (Å²) in [5.41, 5.74) is 0.812. The Kier molecular flexibility index (Phi) is 5.20. The Hall–Kier alpha value is -1.00. The van der Waals surface area contributed by atoms with Gasteiger partial charge in [-0.25, -0.2) is 0 Å². The van der Waals surface area contributed by atoms with Crippen molar-refractivity contribution in [3.8, 4) is 0 Å². The van der Waals surface area contributed by atoms with Crippen LogP contribution in [0.3, 0.4) is 0 Å². The Morgan fingerprint density at radius 2 is 1.86 bits per heavy atom. The summed E-state index contributed by atoms with van der Waals surface area (Å²) in [6.07, 6.45) is 4.85. The number of carbonyl (C=O) groups is 1. The summed E-state index contributed by atoms with van der Waals surface area (Å²) in [7, 11) is 0. The van der Waals surface area contributed by atoms with Gasteiger partial charge in [-0.3, -0.25) is 4.79 Å². The van der Waals surface area contributed by atoms with E-state index in [1.54, 1.807) is 0 Å². The first-order valence-electron chi connectivity index (χ1n) is 8.01. The fraction of sp³-hybridized carbons (Fsp3) is 0.588. The Morgan fingerprint density at radius 1 is 1.10 bits per heavy atom. The smallest absolute Gasteiger partial charge is 0.253 e. The fourth-order valence-electron chi connectivity index (χ4n) is 3.26. The number of nitrogens with one attached hydrogen (secondary N) is 1. The first-order valence-corrected chi connectivity index (χ1v) is 9.16. The van der Waals surface area contributed by atoms with Crippen LogP contribution in [0.5, 0.6) is 0 Å². The number of benzene rings is 1. The van der Waals surface area contributed by atoms with Crippen molar-refractivity contribution in [2.24, 2.45) is 0 Å². The summed E-state index contributed by atoms with van der Waals surface area (Å²) < 4.78 is 0. The van der Waals surface area contributed by atoms with Gasteiger partial charge in [0.05, 0.1) is 0 Å². The molecule has 0 saturated carbocycles. The minimum atomic E-state index is 0.182. The van der Waals surface area contributed by atoms with Crippen LogP contribution in [0.4, 0.5) is 0 Å². The third kappa shape index (κ3) is 4.01. The normalized spacial score (nSPS) is 24.0. The third-order valence-corrected chi connectivity index (χ3v) is 5.47. The molecule has 1 unspecified atom stereocenters. The molecule has 1 aromatic carbocycles. The number of amides is 1. The Balaban J connectivity index is 1.56. The molecular weight excluding hydrogens is 280 g/mol. The molecule has 0 radical (unpaired) electrons. The molecule has 4 heteroatoms. The molecule has 0 aliphatic carbocycles. The van der Waals surface area contributed by atoms with Gasteiger partial charge in [0, 0.05) is 30.7 Å². The summed E-state index contributed by atoms with van der Waals surface area (Å²) in [5.74, 6) is 2.73. The molecule has 2 aliphatic heterocycles. The van der Waals surface area contributed by atoms with E-state index in [0.29, 0.717) is 12.1 Å². The van der Waals surface area contributed by atoms with E-state index in [4.69, 9.17) is 0 Å². The monoisotopic (exact) mass is 304 g/mol. The number of nitrogens with zero attached hydrogens (tertiary/aromatic N) is 1. The summed E-state index contributed by atoms with van der Waals surface area (Å²) in [5, 5.41) is 3.79. The second-order valence-corrected chi connectivity index (χ2v) is 7.23. The summed E-state index contributed by atoms with van der Waals surface area (Å²) >= 11 is 2.06. The molecule has 114 valence electrons. The van der Waals surface area contributed by atoms with Gasteiger partial charge in [-0.15, -0.1) is 0 Å². The predicted octanol–water partition coefficient (Wildman–Crippen LogP) is 2.78. The summed E-state index contributed by atoms with van der Waals surface area (Å²) in [6.45, 7) is 1.75. The number of thioether (sulfide) groups is 1. The van der Waals surface area contributed by atoms with E-state index < -0.39 is 0 Å². The van der Waals surface area contributed by atoms with Crippen LogP contribution in [-0.2, 0) is 0 Å². The van der Waals surface area contributed by atoms with Crippen LogP contribution >= 0.6 is 11.8 Å². The van der Waals surface area contributed by atoms with Gasteiger partial charge in [-0.2, -0.15) is 11.8 Å². The molecule has 1 N–H and O–H groups in total. The maximum atomic E-state index is 12.5. The van der Waals surface area contributed by atoms with E-state index in [2.05, 4.69) is 17.1 Å². The van der Waals surface area contributed by atoms with Crippen molar-refractivity contribution in [2.75, 3.05) is 24.6 Å². The molecule has 2 heterocycles. The zero-order valence-corrected chi connectivity index (χ0v) is 13.3. The van der Waals surface area contributed by atoms with Crippen LogP contribution in [0, 0.1) is 0 Å². The Bertz CT molecular complexity index is 459. The maximum Gasteiger partial charge on any atom is 0.253 e. The van der Waals surface area contributed by atoms with Gasteiger partial charge < -0.3 is 10.2 Å². The lowest BCUT2D eigenvalue weighted by molar-refractivity contribution is 0.0688. The minimum Gasteiger partial charge on any atom is -0.337 e. The number of piperidine rings is 1. The molecule has 2 aliphatic rings. The molecule has 2 saturated heterocycles. The molecule has 0 aromatic heterocycles. The van der Waals surface area contributed by atoms with Gasteiger partial charge in [0.2, 0.25) is 0 Å². The number of rotatable bonds is 3. The standard InChI is InChI=1S/C17H24N2OS/c20-17(14-5-2-1-3-6-14)19-10-4-7-16(13-19)18-15-8-11-21-12-9-15/h1-3,5-6,15-16,18H,4,7-13H2. The lowest BCUT2D eigenvalue weighted by atomic mass is 10.0. The molecule has 2 fully saturated rings. The number of hydrogen-bond donors (Lipinski definition) is 1. The molecule has 1 amide bonds. The van der Waals surface area contributed by atoms with E-state index in [1.165, 1.54) is 30.8 Å². The third-order valence-electron chi connectivity index (χ3n) is 4.42. The van der Waals surface area contributed by atoms with Gasteiger partial charge in [0.1, 0.15) is 0 Å². The zero-order valence-electron chi connectivity index (χ0n) is 12.5. The van der Waals surface area contributed by atoms with E-state index >= 15 is 0 Å². The van der Waals surface area contributed by atoms with Crippen LogP contribution in [0.2, 0.25) is 0 Å². The lowest BCUT2D eigenvalue weighted by Gasteiger charge is -2.36. The number of carbonyl (C=O) groups excluding carboxylic acids is 1. The summed E-state index contributed by atoms with van der Waals surface area (Å²) in [4.78, 5) is 14.6. The second-order valence-electron chi connectivity index (χ2n) is 6.01. The Labute approximate surface area is 131 Å². The number of likely N-dealkylation sites (tertiary alicyclic amines) is 1. The van der Waals surface area contributed by atoms with E-state index in [0.717, 1.165) is 25.1 Å². The SMILES string of the molecule is O=C(c1ccccc1)N1CCCC(NC2CCSCC2)C1. The van der Waals surface area contributed by atoms with E-state index in [-0.39, 0.29) is 5.91 Å². The largest absolute Gasteiger partial charge is 0.337 e. The second kappa shape index (κ2) is 7.32. The highest BCUT2D eigenvalue weighted by molar-refractivity contribution is 7.99. The summed E-state index contributed by atoms with van der Waals surface area (Å²) in [6, 6.07) is 10.8. The van der Waals surface area contributed by atoms with Crippen LogP contribution in [-0.4, -0.2) is 47.5 Å². The Morgan fingerprint density at radius 3 is 2.62 bits per heavy atom. The van der Waals surface area contributed by atoms with Crippen LogP contribution in [0.1, 0.15) is 36.0 Å². The molecule has 21 heavy (non-hydrogen) atoms. The average molecular weight is 304 g/mol. The highest BCUT2D eigenvalue weighted by Gasteiger charge is 2.26. The first-order chi connectivity index (χ1) is 10.3. The maximum absolute atomic E-state index is 12.5. The molecular formula is C17H24N2OS. The molecule has 1 aromatic rings. The van der Waals surface area contributed by atoms with E-state index in [1.807, 2.05) is 35.2 Å². The van der Waals surface area contributed by atoms with Crippen molar-refractivity contribution in [3.05, 3.63) is 35.9 Å². The lowest BCUT2D eigenvalue weighted by Crippen LogP contribution is -2.51. The predicted molar refractivity (Wildman–Crippen MR) is 88.9 cm³/mol.